The van der Waals surface area contributed by atoms with E-state index < -0.39 is 5.97 Å². The maximum atomic E-state index is 11.0. The van der Waals surface area contributed by atoms with Crippen LogP contribution in [0.15, 0.2) is 29.6 Å². The lowest BCUT2D eigenvalue weighted by Crippen LogP contribution is -1.96. The molecule has 0 radical (unpaired) electrons. The molecule has 2 N–H and O–H groups in total. The molecular formula is C15H14N2O3S. The Morgan fingerprint density at radius 3 is 3.05 bits per heavy atom. The highest BCUT2D eigenvalue weighted by atomic mass is 32.1. The van der Waals surface area contributed by atoms with Gasteiger partial charge in [0.25, 0.3) is 0 Å². The highest BCUT2D eigenvalue weighted by Gasteiger charge is 2.11. The van der Waals surface area contributed by atoms with Gasteiger partial charge in [-0.2, -0.15) is 0 Å². The first-order valence-corrected chi connectivity index (χ1v) is 7.46. The Morgan fingerprint density at radius 1 is 1.48 bits per heavy atom. The summed E-state index contributed by atoms with van der Waals surface area (Å²) in [6.07, 6.45) is 0.917. The second kappa shape index (κ2) is 5.57. The molecule has 108 valence electrons. The molecule has 1 aromatic carbocycles. The number of ether oxygens (including phenoxy) is 1. The molecule has 0 atom stereocenters. The number of nitrogens with zero attached hydrogens (tertiary/aromatic N) is 1. The van der Waals surface area contributed by atoms with Crippen molar-refractivity contribution in [2.45, 2.75) is 20.0 Å². The summed E-state index contributed by atoms with van der Waals surface area (Å²) < 4.78 is 5.79. The predicted octanol–water partition coefficient (Wildman–Crippen LogP) is 3.46. The number of carboxylic acids is 1. The Kier molecular flexibility index (Phi) is 3.62. The Morgan fingerprint density at radius 2 is 2.33 bits per heavy atom. The van der Waals surface area contributed by atoms with E-state index in [0.717, 1.165) is 28.0 Å². The van der Waals surface area contributed by atoms with Crippen LogP contribution in [0.4, 0.5) is 0 Å². The smallest absolute Gasteiger partial charge is 0.352 e. The first kappa shape index (κ1) is 13.6. The van der Waals surface area contributed by atoms with E-state index in [9.17, 15) is 4.79 Å². The predicted molar refractivity (Wildman–Crippen MR) is 81.1 cm³/mol. The zero-order valence-electron chi connectivity index (χ0n) is 11.4. The average Bonchev–Trinajstić information content (AvgIpc) is 3.11. The molecule has 21 heavy (non-hydrogen) atoms. The van der Waals surface area contributed by atoms with Crippen molar-refractivity contribution in [1.82, 2.24) is 9.97 Å². The van der Waals surface area contributed by atoms with Crippen molar-refractivity contribution in [3.05, 3.63) is 46.0 Å². The number of benzene rings is 1. The van der Waals surface area contributed by atoms with Gasteiger partial charge in [0.05, 0.1) is 10.7 Å². The van der Waals surface area contributed by atoms with Crippen LogP contribution in [-0.2, 0) is 13.0 Å². The van der Waals surface area contributed by atoms with E-state index in [1.807, 2.05) is 23.6 Å². The van der Waals surface area contributed by atoms with Crippen LogP contribution in [0, 0.1) is 0 Å². The Labute approximate surface area is 125 Å². The van der Waals surface area contributed by atoms with Gasteiger partial charge >= 0.3 is 5.97 Å². The quantitative estimate of drug-likeness (QED) is 0.756. The van der Waals surface area contributed by atoms with Crippen molar-refractivity contribution in [3.63, 3.8) is 0 Å². The SMILES string of the molecule is CCc1nc(COc2cccc3[nH]c(C(=O)O)cc23)cs1. The second-order valence-corrected chi connectivity index (χ2v) is 5.52. The maximum absolute atomic E-state index is 11.0. The summed E-state index contributed by atoms with van der Waals surface area (Å²) in [5.74, 6) is -0.327. The molecule has 0 saturated carbocycles. The van der Waals surface area contributed by atoms with Crippen molar-refractivity contribution in [3.8, 4) is 5.75 Å². The maximum Gasteiger partial charge on any atom is 0.352 e. The molecule has 0 spiro atoms. The normalized spacial score (nSPS) is 10.9. The lowest BCUT2D eigenvalue weighted by molar-refractivity contribution is 0.0691. The van der Waals surface area contributed by atoms with Gasteiger partial charge in [0.2, 0.25) is 0 Å². The highest BCUT2D eigenvalue weighted by molar-refractivity contribution is 7.09. The third-order valence-corrected chi connectivity index (χ3v) is 4.17. The van der Waals surface area contributed by atoms with Crippen molar-refractivity contribution in [2.24, 2.45) is 0 Å². The lowest BCUT2D eigenvalue weighted by atomic mass is 10.2. The number of nitrogens with one attached hydrogen (secondary N) is 1. The molecular weight excluding hydrogens is 288 g/mol. The standard InChI is InChI=1S/C15H14N2O3S/c1-2-14-16-9(8-21-14)7-20-13-5-3-4-11-10(13)6-12(17-11)15(18)19/h3-6,8,17H,2,7H2,1H3,(H,18,19). The summed E-state index contributed by atoms with van der Waals surface area (Å²) in [6, 6.07) is 7.07. The number of hydrogen-bond donors (Lipinski definition) is 2. The molecule has 2 aromatic heterocycles. The molecule has 0 aliphatic rings. The number of thiazole rings is 1. The molecule has 2 heterocycles. The van der Waals surface area contributed by atoms with Crippen LogP contribution in [0.1, 0.15) is 28.1 Å². The Balaban J connectivity index is 1.84. The summed E-state index contributed by atoms with van der Waals surface area (Å²) in [7, 11) is 0. The molecule has 0 unspecified atom stereocenters. The van der Waals surface area contributed by atoms with Crippen LogP contribution >= 0.6 is 11.3 Å². The number of rotatable bonds is 5. The van der Waals surface area contributed by atoms with E-state index in [4.69, 9.17) is 9.84 Å². The van der Waals surface area contributed by atoms with Gasteiger partial charge in [0, 0.05) is 16.3 Å². The minimum absolute atomic E-state index is 0.156. The molecule has 0 aliphatic heterocycles. The van der Waals surface area contributed by atoms with Crippen LogP contribution in [0.2, 0.25) is 0 Å². The zero-order chi connectivity index (χ0) is 14.8. The monoisotopic (exact) mass is 302 g/mol. The number of H-pyrrole nitrogens is 1. The summed E-state index contributed by atoms with van der Waals surface area (Å²) in [5, 5.41) is 12.9. The first-order chi connectivity index (χ1) is 10.2. The fourth-order valence-corrected chi connectivity index (χ4v) is 2.83. The number of carboxylic acid groups (broad SMARTS) is 1. The minimum atomic E-state index is -0.982. The van der Waals surface area contributed by atoms with E-state index >= 15 is 0 Å². The van der Waals surface area contributed by atoms with Crippen LogP contribution < -0.4 is 4.74 Å². The van der Waals surface area contributed by atoms with Gasteiger partial charge in [0.15, 0.2) is 0 Å². The van der Waals surface area contributed by atoms with Gasteiger partial charge in [-0.15, -0.1) is 11.3 Å². The van der Waals surface area contributed by atoms with Crippen LogP contribution in [-0.4, -0.2) is 21.0 Å². The van der Waals surface area contributed by atoms with Gasteiger partial charge in [-0.25, -0.2) is 9.78 Å². The fraction of sp³-hybridized carbons (Fsp3) is 0.200. The largest absolute Gasteiger partial charge is 0.487 e. The summed E-state index contributed by atoms with van der Waals surface area (Å²) in [5.41, 5.74) is 1.79. The Hall–Kier alpha value is -2.34. The molecule has 0 fully saturated rings. The molecule has 0 saturated heterocycles. The molecule has 3 aromatic rings. The fourth-order valence-electron chi connectivity index (χ4n) is 2.10. The van der Waals surface area contributed by atoms with Crippen molar-refractivity contribution >= 4 is 28.2 Å². The number of aromatic nitrogens is 2. The third kappa shape index (κ3) is 2.75. The third-order valence-electron chi connectivity index (χ3n) is 3.13. The van der Waals surface area contributed by atoms with E-state index in [0.29, 0.717) is 12.4 Å². The average molecular weight is 302 g/mol. The van der Waals surface area contributed by atoms with Crippen LogP contribution in [0.3, 0.4) is 0 Å². The van der Waals surface area contributed by atoms with E-state index in [1.54, 1.807) is 17.4 Å². The first-order valence-electron chi connectivity index (χ1n) is 6.58. The van der Waals surface area contributed by atoms with E-state index in [2.05, 4.69) is 16.9 Å². The van der Waals surface area contributed by atoms with Crippen molar-refractivity contribution in [2.75, 3.05) is 0 Å². The molecule has 3 rings (SSSR count). The highest BCUT2D eigenvalue weighted by Crippen LogP contribution is 2.27. The summed E-state index contributed by atoms with van der Waals surface area (Å²) >= 11 is 1.62. The van der Waals surface area contributed by atoms with Gasteiger partial charge in [-0.05, 0) is 24.6 Å². The molecule has 0 amide bonds. The number of aromatic amines is 1. The number of carbonyl (C=O) groups is 1. The number of fused-ring (bicyclic) bond motifs is 1. The molecule has 0 bridgehead atoms. The van der Waals surface area contributed by atoms with Gasteiger partial charge < -0.3 is 14.8 Å². The lowest BCUT2D eigenvalue weighted by Gasteiger charge is -2.05. The Bertz CT molecular complexity index is 791. The molecule has 6 heteroatoms. The summed E-state index contributed by atoms with van der Waals surface area (Å²) in [4.78, 5) is 18.3. The number of aromatic carboxylic acids is 1. The van der Waals surface area contributed by atoms with Crippen LogP contribution in [0.5, 0.6) is 5.75 Å². The van der Waals surface area contributed by atoms with Gasteiger partial charge in [-0.1, -0.05) is 13.0 Å². The topological polar surface area (TPSA) is 75.2 Å². The summed E-state index contributed by atoms with van der Waals surface area (Å²) in [6.45, 7) is 2.45. The number of aryl methyl sites for hydroxylation is 1. The van der Waals surface area contributed by atoms with E-state index in [1.165, 1.54) is 0 Å². The number of hydrogen-bond acceptors (Lipinski definition) is 4. The van der Waals surface area contributed by atoms with Gasteiger partial charge in [-0.3, -0.25) is 0 Å². The second-order valence-electron chi connectivity index (χ2n) is 4.58. The van der Waals surface area contributed by atoms with Crippen molar-refractivity contribution < 1.29 is 14.6 Å². The molecule has 5 nitrogen and oxygen atoms in total. The van der Waals surface area contributed by atoms with Crippen LogP contribution in [0.25, 0.3) is 10.9 Å². The van der Waals surface area contributed by atoms with Gasteiger partial charge in [0.1, 0.15) is 18.1 Å². The minimum Gasteiger partial charge on any atom is -0.487 e. The van der Waals surface area contributed by atoms with E-state index in [-0.39, 0.29) is 5.69 Å². The van der Waals surface area contributed by atoms with Crippen molar-refractivity contribution in [1.29, 1.82) is 0 Å². The molecule has 0 aliphatic carbocycles. The zero-order valence-corrected chi connectivity index (χ0v) is 12.2.